The Labute approximate surface area is 214 Å². The molecule has 0 aliphatic heterocycles. The Hall–Kier alpha value is -2.55. The number of aryl methyl sites for hydroxylation is 1. The number of hydrogen-bond acceptors (Lipinski definition) is 0. The van der Waals surface area contributed by atoms with Crippen molar-refractivity contribution in [3.63, 3.8) is 0 Å². The predicted molar refractivity (Wildman–Crippen MR) is 142 cm³/mol. The van der Waals surface area contributed by atoms with E-state index in [2.05, 4.69) is 13.0 Å². The quantitative estimate of drug-likeness (QED) is 0.334. The molecule has 190 valence electrons. The third-order valence-corrected chi connectivity index (χ3v) is 9.01. The van der Waals surface area contributed by atoms with Crippen LogP contribution in [0.15, 0.2) is 54.6 Å². The minimum atomic E-state index is -0.828. The monoisotopic (exact) mass is 490 g/mol. The van der Waals surface area contributed by atoms with Gasteiger partial charge in [-0.15, -0.1) is 0 Å². The first-order valence-electron chi connectivity index (χ1n) is 13.8. The smallest absolute Gasteiger partial charge is 0.166 e. The van der Waals surface area contributed by atoms with Gasteiger partial charge in [0.25, 0.3) is 0 Å². The minimum absolute atomic E-state index is 0.215. The second-order valence-corrected chi connectivity index (χ2v) is 11.2. The van der Waals surface area contributed by atoms with Crippen molar-refractivity contribution in [1.29, 1.82) is 0 Å². The summed E-state index contributed by atoms with van der Waals surface area (Å²) >= 11 is 0. The number of hydrogen-bond donors (Lipinski definition) is 0. The van der Waals surface area contributed by atoms with E-state index in [4.69, 9.17) is 0 Å². The molecule has 5 rings (SSSR count). The van der Waals surface area contributed by atoms with Gasteiger partial charge in [-0.3, -0.25) is 0 Å². The van der Waals surface area contributed by atoms with Crippen LogP contribution in [-0.2, 0) is 6.42 Å². The fraction of sp³-hybridized carbons (Fsp3) is 0.455. The summed E-state index contributed by atoms with van der Waals surface area (Å²) in [6.07, 6.45) is 10.8. The Morgan fingerprint density at radius 2 is 1.19 bits per heavy atom. The van der Waals surface area contributed by atoms with Crippen molar-refractivity contribution in [3.8, 4) is 22.3 Å². The summed E-state index contributed by atoms with van der Waals surface area (Å²) in [6.45, 7) is 4.18. The van der Waals surface area contributed by atoms with E-state index in [9.17, 15) is 8.78 Å². The molecule has 0 amide bonds. The van der Waals surface area contributed by atoms with E-state index in [0.717, 1.165) is 41.7 Å². The van der Waals surface area contributed by atoms with Crippen molar-refractivity contribution in [1.82, 2.24) is 0 Å². The summed E-state index contributed by atoms with van der Waals surface area (Å²) in [5.74, 6) is 1.26. The van der Waals surface area contributed by atoms with Crippen LogP contribution in [0, 0.1) is 35.2 Å². The van der Waals surface area contributed by atoms with Gasteiger partial charge in [0.15, 0.2) is 11.6 Å². The van der Waals surface area contributed by atoms with Crippen LogP contribution in [0.4, 0.5) is 13.2 Å². The molecular weight excluding hydrogens is 453 g/mol. The van der Waals surface area contributed by atoms with E-state index in [0.29, 0.717) is 29.0 Å². The number of halogens is 3. The van der Waals surface area contributed by atoms with Crippen LogP contribution in [0.25, 0.3) is 22.3 Å². The Balaban J connectivity index is 1.26. The van der Waals surface area contributed by atoms with Crippen molar-refractivity contribution in [3.05, 3.63) is 83.2 Å². The maximum Gasteiger partial charge on any atom is 0.166 e. The van der Waals surface area contributed by atoms with Crippen LogP contribution >= 0.6 is 0 Å². The molecule has 0 atom stereocenters. The zero-order valence-corrected chi connectivity index (χ0v) is 21.5. The lowest BCUT2D eigenvalue weighted by molar-refractivity contribution is 0.165. The molecule has 3 heteroatoms. The van der Waals surface area contributed by atoms with Gasteiger partial charge in [0.1, 0.15) is 5.82 Å². The van der Waals surface area contributed by atoms with Gasteiger partial charge in [0.2, 0.25) is 0 Å². The molecule has 0 radical (unpaired) electrons. The van der Waals surface area contributed by atoms with Crippen molar-refractivity contribution in [2.75, 3.05) is 0 Å². The predicted octanol–water partition coefficient (Wildman–Crippen LogP) is 10.1. The van der Waals surface area contributed by atoms with E-state index in [-0.39, 0.29) is 11.4 Å². The largest absolute Gasteiger partial charge is 0.206 e. The van der Waals surface area contributed by atoms with Crippen LogP contribution in [0.2, 0.25) is 0 Å². The topological polar surface area (TPSA) is 0 Å². The Kier molecular flexibility index (Phi) is 7.55. The number of rotatable bonds is 5. The molecule has 0 saturated heterocycles. The summed E-state index contributed by atoms with van der Waals surface area (Å²) in [7, 11) is 0. The first-order chi connectivity index (χ1) is 17.4. The molecule has 3 aromatic carbocycles. The van der Waals surface area contributed by atoms with Crippen LogP contribution in [0.5, 0.6) is 0 Å². The van der Waals surface area contributed by atoms with Crippen LogP contribution in [0.3, 0.4) is 0 Å². The summed E-state index contributed by atoms with van der Waals surface area (Å²) in [4.78, 5) is 0. The third-order valence-electron chi connectivity index (χ3n) is 9.01. The van der Waals surface area contributed by atoms with Gasteiger partial charge in [-0.1, -0.05) is 75.2 Å². The minimum Gasteiger partial charge on any atom is -0.206 e. The standard InChI is InChI=1S/C33H37F3/c1-3-22-16-19-30(33(36)32(22)35)27-14-12-26(13-15-27)29-18-17-28(20-31(29)34)25-10-8-24(9-11-25)23-6-4-21(2)5-7-23/h12-21,23-25H,3-11H2,1-2H3. The first-order valence-corrected chi connectivity index (χ1v) is 13.8. The molecule has 0 bridgehead atoms. The molecule has 2 aliphatic carbocycles. The van der Waals surface area contributed by atoms with E-state index in [1.165, 1.54) is 38.5 Å². The lowest BCUT2D eigenvalue weighted by Gasteiger charge is -2.37. The fourth-order valence-electron chi connectivity index (χ4n) is 6.62. The summed E-state index contributed by atoms with van der Waals surface area (Å²) in [5, 5.41) is 0. The summed E-state index contributed by atoms with van der Waals surface area (Å²) in [6, 6.07) is 16.0. The third kappa shape index (κ3) is 5.12. The Bertz CT molecular complexity index is 1180. The molecule has 0 aromatic heterocycles. The van der Waals surface area contributed by atoms with Crippen molar-refractivity contribution >= 4 is 0 Å². The van der Waals surface area contributed by atoms with Crippen LogP contribution < -0.4 is 0 Å². The van der Waals surface area contributed by atoms with Crippen molar-refractivity contribution in [2.45, 2.75) is 77.6 Å². The number of benzene rings is 3. The van der Waals surface area contributed by atoms with Crippen molar-refractivity contribution < 1.29 is 13.2 Å². The van der Waals surface area contributed by atoms with Gasteiger partial charge in [-0.2, -0.15) is 0 Å². The molecule has 36 heavy (non-hydrogen) atoms. The van der Waals surface area contributed by atoms with Crippen molar-refractivity contribution in [2.24, 2.45) is 17.8 Å². The van der Waals surface area contributed by atoms with Crippen LogP contribution in [-0.4, -0.2) is 0 Å². The molecule has 2 aliphatic rings. The Morgan fingerprint density at radius 1 is 0.639 bits per heavy atom. The molecular formula is C33H37F3. The zero-order chi connectivity index (χ0) is 25.2. The highest BCUT2D eigenvalue weighted by molar-refractivity contribution is 5.71. The lowest BCUT2D eigenvalue weighted by Crippen LogP contribution is -2.24. The van der Waals surface area contributed by atoms with E-state index in [1.807, 2.05) is 6.07 Å². The fourth-order valence-corrected chi connectivity index (χ4v) is 6.62. The summed E-state index contributed by atoms with van der Waals surface area (Å²) < 4.78 is 44.0. The molecule has 0 N–H and O–H groups in total. The van der Waals surface area contributed by atoms with Gasteiger partial charge in [0.05, 0.1) is 0 Å². The van der Waals surface area contributed by atoms with Gasteiger partial charge in [0, 0.05) is 11.1 Å². The molecule has 0 spiro atoms. The highest BCUT2D eigenvalue weighted by atomic mass is 19.2. The SMILES string of the molecule is CCc1ccc(-c2ccc(-c3ccc(C4CCC(C5CCC(C)CC5)CC4)cc3F)cc2)c(F)c1F. The van der Waals surface area contributed by atoms with Gasteiger partial charge >= 0.3 is 0 Å². The molecule has 2 saturated carbocycles. The maximum atomic E-state index is 15.2. The van der Waals surface area contributed by atoms with Gasteiger partial charge in [-0.05, 0) is 96.9 Å². The Morgan fingerprint density at radius 3 is 1.78 bits per heavy atom. The lowest BCUT2D eigenvalue weighted by atomic mass is 9.68. The first kappa shape index (κ1) is 25.1. The van der Waals surface area contributed by atoms with E-state index in [1.54, 1.807) is 49.4 Å². The molecule has 0 heterocycles. The van der Waals surface area contributed by atoms with Gasteiger partial charge < -0.3 is 0 Å². The maximum absolute atomic E-state index is 15.2. The highest BCUT2D eigenvalue weighted by Gasteiger charge is 2.30. The average Bonchev–Trinajstić information content (AvgIpc) is 2.91. The van der Waals surface area contributed by atoms with E-state index < -0.39 is 11.6 Å². The second kappa shape index (κ2) is 10.8. The normalized spacial score (nSPS) is 24.6. The molecule has 3 aromatic rings. The summed E-state index contributed by atoms with van der Waals surface area (Å²) in [5.41, 5.74) is 3.57. The zero-order valence-electron chi connectivity index (χ0n) is 21.5. The highest BCUT2D eigenvalue weighted by Crippen LogP contribution is 2.44. The average molecular weight is 491 g/mol. The van der Waals surface area contributed by atoms with Crippen LogP contribution in [0.1, 0.15) is 82.3 Å². The molecule has 0 nitrogen and oxygen atoms in total. The van der Waals surface area contributed by atoms with Gasteiger partial charge in [-0.25, -0.2) is 13.2 Å². The molecule has 0 unspecified atom stereocenters. The van der Waals surface area contributed by atoms with E-state index >= 15 is 4.39 Å². The molecule has 2 fully saturated rings. The second-order valence-electron chi connectivity index (χ2n) is 11.2.